The van der Waals surface area contributed by atoms with Crippen LogP contribution in [0.3, 0.4) is 0 Å². The summed E-state index contributed by atoms with van der Waals surface area (Å²) in [4.78, 5) is 15.6. The van der Waals surface area contributed by atoms with E-state index in [0.29, 0.717) is 34.7 Å². The van der Waals surface area contributed by atoms with Gasteiger partial charge in [0, 0.05) is 36.3 Å². The van der Waals surface area contributed by atoms with Crippen LogP contribution in [0, 0.1) is 5.82 Å². The Morgan fingerprint density at radius 3 is 2.72 bits per heavy atom. The van der Waals surface area contributed by atoms with Crippen LogP contribution >= 0.6 is 0 Å². The van der Waals surface area contributed by atoms with E-state index in [2.05, 4.69) is 10.1 Å². The van der Waals surface area contributed by atoms with Gasteiger partial charge in [-0.3, -0.25) is 9.67 Å². The molecule has 4 rings (SSSR count). The number of hydrogen-bond acceptors (Lipinski definition) is 4. The van der Waals surface area contributed by atoms with Crippen molar-refractivity contribution in [3.05, 3.63) is 71.8 Å². The molecule has 0 spiro atoms. The van der Waals surface area contributed by atoms with Crippen LogP contribution in [0.1, 0.15) is 22.8 Å². The Labute approximate surface area is 166 Å². The molecular formula is C22H18FN3O3. The molecule has 1 N–H and O–H groups in total. The highest BCUT2D eigenvalue weighted by molar-refractivity contribution is 5.90. The third-order valence-electron chi connectivity index (χ3n) is 4.75. The van der Waals surface area contributed by atoms with Crippen LogP contribution < -0.4 is 4.74 Å². The van der Waals surface area contributed by atoms with Gasteiger partial charge in [0.1, 0.15) is 17.3 Å². The fourth-order valence-corrected chi connectivity index (χ4v) is 3.29. The zero-order valence-electron chi connectivity index (χ0n) is 15.9. The molecule has 4 aromatic rings. The van der Waals surface area contributed by atoms with E-state index in [0.717, 1.165) is 10.9 Å². The Bertz CT molecular complexity index is 1230. The van der Waals surface area contributed by atoms with Crippen molar-refractivity contribution in [1.29, 1.82) is 0 Å². The van der Waals surface area contributed by atoms with Crippen molar-refractivity contribution >= 4 is 16.9 Å². The average Bonchev–Trinajstić information content (AvgIpc) is 3.07. The normalized spacial score (nSPS) is 11.0. The maximum Gasteiger partial charge on any atom is 0.338 e. The maximum absolute atomic E-state index is 14.4. The molecule has 0 saturated carbocycles. The third kappa shape index (κ3) is 3.54. The number of pyridine rings is 1. The van der Waals surface area contributed by atoms with E-state index < -0.39 is 11.8 Å². The van der Waals surface area contributed by atoms with Crippen LogP contribution in [0.4, 0.5) is 4.39 Å². The number of nitrogens with zero attached hydrogens (tertiary/aromatic N) is 3. The van der Waals surface area contributed by atoms with Crippen molar-refractivity contribution in [2.24, 2.45) is 7.05 Å². The van der Waals surface area contributed by atoms with Crippen LogP contribution in [0.2, 0.25) is 0 Å². The predicted molar refractivity (Wildman–Crippen MR) is 107 cm³/mol. The molecule has 29 heavy (non-hydrogen) atoms. The quantitative estimate of drug-likeness (QED) is 0.527. The van der Waals surface area contributed by atoms with Crippen molar-refractivity contribution in [2.75, 3.05) is 0 Å². The van der Waals surface area contributed by atoms with Gasteiger partial charge in [0.15, 0.2) is 0 Å². The summed E-state index contributed by atoms with van der Waals surface area (Å²) >= 11 is 0. The Kier molecular flexibility index (Phi) is 4.72. The molecule has 0 atom stereocenters. The summed E-state index contributed by atoms with van der Waals surface area (Å²) in [7, 11) is 1.86. The number of aromatic nitrogens is 3. The van der Waals surface area contributed by atoms with E-state index in [1.54, 1.807) is 42.2 Å². The molecule has 0 fully saturated rings. The van der Waals surface area contributed by atoms with Crippen LogP contribution in [-0.2, 0) is 13.5 Å². The minimum Gasteiger partial charge on any atom is -0.478 e. The van der Waals surface area contributed by atoms with Gasteiger partial charge in [-0.2, -0.15) is 5.10 Å². The van der Waals surface area contributed by atoms with Crippen molar-refractivity contribution in [3.8, 4) is 22.8 Å². The number of carboxylic acids is 1. The number of fused-ring (bicyclic) bond motifs is 1. The lowest BCUT2D eigenvalue weighted by Gasteiger charge is -2.11. The summed E-state index contributed by atoms with van der Waals surface area (Å²) in [5, 5.41) is 14.5. The lowest BCUT2D eigenvalue weighted by molar-refractivity contribution is 0.0690. The Morgan fingerprint density at radius 1 is 1.17 bits per heavy atom. The van der Waals surface area contributed by atoms with Gasteiger partial charge < -0.3 is 9.84 Å². The summed E-state index contributed by atoms with van der Waals surface area (Å²) in [6.45, 7) is 1.78. The fourth-order valence-electron chi connectivity index (χ4n) is 3.29. The smallest absolute Gasteiger partial charge is 0.338 e. The van der Waals surface area contributed by atoms with Gasteiger partial charge >= 0.3 is 5.97 Å². The van der Waals surface area contributed by atoms with Crippen LogP contribution in [0.5, 0.6) is 11.5 Å². The monoisotopic (exact) mass is 391 g/mol. The number of benzene rings is 2. The lowest BCUT2D eigenvalue weighted by Crippen LogP contribution is -2.06. The Morgan fingerprint density at radius 2 is 1.97 bits per heavy atom. The molecule has 0 aliphatic carbocycles. The number of halogens is 1. The predicted octanol–water partition coefficient (Wildman–Crippen LogP) is 4.83. The second-order valence-corrected chi connectivity index (χ2v) is 6.62. The molecular weight excluding hydrogens is 373 g/mol. The van der Waals surface area contributed by atoms with Gasteiger partial charge in [-0.25, -0.2) is 9.18 Å². The summed E-state index contributed by atoms with van der Waals surface area (Å²) in [5.74, 6) is -0.875. The SMILES string of the molecule is CCc1cc(-c2cc(Oc3ccc4cnn(C)c4c3)ccn2)cc(F)c1C(=O)O. The molecule has 0 aliphatic rings. The summed E-state index contributed by atoms with van der Waals surface area (Å²) in [6, 6.07) is 11.9. The minimum atomic E-state index is -1.28. The van der Waals surface area contributed by atoms with Gasteiger partial charge in [0.2, 0.25) is 0 Å². The molecule has 2 aromatic carbocycles. The number of carboxylic acid groups (broad SMARTS) is 1. The van der Waals surface area contributed by atoms with Crippen molar-refractivity contribution in [3.63, 3.8) is 0 Å². The Balaban J connectivity index is 1.69. The number of aryl methyl sites for hydroxylation is 2. The first-order valence-corrected chi connectivity index (χ1v) is 9.08. The zero-order chi connectivity index (χ0) is 20.5. The molecule has 0 amide bonds. The molecule has 0 radical (unpaired) electrons. The highest BCUT2D eigenvalue weighted by Crippen LogP contribution is 2.30. The highest BCUT2D eigenvalue weighted by atomic mass is 19.1. The van der Waals surface area contributed by atoms with Crippen LogP contribution in [0.25, 0.3) is 22.2 Å². The first-order valence-electron chi connectivity index (χ1n) is 9.08. The van der Waals surface area contributed by atoms with E-state index >= 15 is 0 Å². The molecule has 2 aromatic heterocycles. The molecule has 0 bridgehead atoms. The zero-order valence-corrected chi connectivity index (χ0v) is 15.9. The molecule has 0 aliphatic heterocycles. The standard InChI is InChI=1S/C22H18FN3O3/c1-3-13-8-15(9-18(23)21(13)22(27)28)19-10-17(6-7-24-19)29-16-5-4-14-12-25-26(2)20(14)11-16/h4-12H,3H2,1-2H3,(H,27,28). The number of hydrogen-bond donors (Lipinski definition) is 1. The van der Waals surface area contributed by atoms with Gasteiger partial charge in [0.25, 0.3) is 0 Å². The average molecular weight is 391 g/mol. The van der Waals surface area contributed by atoms with Gasteiger partial charge in [-0.1, -0.05) is 6.92 Å². The van der Waals surface area contributed by atoms with Crippen LogP contribution in [0.15, 0.2) is 54.9 Å². The van der Waals surface area contributed by atoms with Crippen molar-refractivity contribution < 1.29 is 19.0 Å². The molecule has 6 nitrogen and oxygen atoms in total. The topological polar surface area (TPSA) is 77.2 Å². The minimum absolute atomic E-state index is 0.298. The van der Waals surface area contributed by atoms with E-state index in [9.17, 15) is 14.3 Å². The molecule has 0 unspecified atom stereocenters. The number of carbonyl (C=O) groups is 1. The molecule has 2 heterocycles. The fraction of sp³-hybridized carbons (Fsp3) is 0.136. The van der Waals surface area contributed by atoms with Gasteiger partial charge in [-0.05, 0) is 42.3 Å². The third-order valence-corrected chi connectivity index (χ3v) is 4.75. The van der Waals surface area contributed by atoms with E-state index in [4.69, 9.17) is 4.74 Å². The second-order valence-electron chi connectivity index (χ2n) is 6.62. The lowest BCUT2D eigenvalue weighted by atomic mass is 9.99. The first-order chi connectivity index (χ1) is 14.0. The largest absolute Gasteiger partial charge is 0.478 e. The Hall–Kier alpha value is -3.74. The summed E-state index contributed by atoms with van der Waals surface area (Å²) in [6.07, 6.45) is 3.75. The number of ether oxygens (including phenoxy) is 1. The molecule has 0 saturated heterocycles. The van der Waals surface area contributed by atoms with Crippen LogP contribution in [-0.4, -0.2) is 25.8 Å². The van der Waals surface area contributed by atoms with Gasteiger partial charge in [-0.15, -0.1) is 0 Å². The summed E-state index contributed by atoms with van der Waals surface area (Å²) in [5.41, 5.74) is 2.05. The number of rotatable bonds is 5. The maximum atomic E-state index is 14.4. The molecule has 146 valence electrons. The number of aromatic carboxylic acids is 1. The second kappa shape index (κ2) is 7.35. The highest BCUT2D eigenvalue weighted by Gasteiger charge is 2.17. The van der Waals surface area contributed by atoms with E-state index in [1.807, 2.05) is 25.2 Å². The van der Waals surface area contributed by atoms with E-state index in [1.165, 1.54) is 6.07 Å². The van der Waals surface area contributed by atoms with Gasteiger partial charge in [0.05, 0.1) is 23.0 Å². The molecule has 7 heteroatoms. The van der Waals surface area contributed by atoms with E-state index in [-0.39, 0.29) is 5.56 Å². The van der Waals surface area contributed by atoms with Crippen molar-refractivity contribution in [1.82, 2.24) is 14.8 Å². The first kappa shape index (κ1) is 18.6. The summed E-state index contributed by atoms with van der Waals surface area (Å²) < 4.78 is 22.1. The van der Waals surface area contributed by atoms with Crippen molar-refractivity contribution in [2.45, 2.75) is 13.3 Å².